The third-order valence-corrected chi connectivity index (χ3v) is 3.58. The first-order chi connectivity index (χ1) is 9.38. The molecule has 0 bridgehead atoms. The van der Waals surface area contributed by atoms with Crippen molar-refractivity contribution in [3.8, 4) is 0 Å². The summed E-state index contributed by atoms with van der Waals surface area (Å²) in [5.41, 5.74) is 4.33. The van der Waals surface area contributed by atoms with Gasteiger partial charge in [-0.3, -0.25) is 4.79 Å². The number of benzene rings is 1. The van der Waals surface area contributed by atoms with E-state index < -0.39 is 0 Å². The lowest BCUT2D eigenvalue weighted by molar-refractivity contribution is -0.116. The van der Waals surface area contributed by atoms with E-state index in [1.807, 2.05) is 40.7 Å². The molecule has 0 atom stereocenters. The van der Waals surface area contributed by atoms with E-state index in [0.29, 0.717) is 13.2 Å². The van der Waals surface area contributed by atoms with E-state index in [1.54, 1.807) is 4.90 Å². The Morgan fingerprint density at radius 1 is 1.25 bits per heavy atom. The molecule has 0 saturated carbocycles. The zero-order valence-corrected chi connectivity index (χ0v) is 13.8. The molecule has 0 spiro atoms. The first-order valence-corrected chi connectivity index (χ1v) is 7.46. The van der Waals surface area contributed by atoms with Gasteiger partial charge in [-0.05, 0) is 51.3 Å². The molecule has 0 aromatic heterocycles. The minimum Gasteiger partial charge on any atom is -0.377 e. The Hall–Kier alpha value is -1.06. The molecule has 0 aliphatic rings. The van der Waals surface area contributed by atoms with E-state index in [1.165, 1.54) is 5.56 Å². The molecule has 0 unspecified atom stereocenters. The second kappa shape index (κ2) is 7.65. The Balaban J connectivity index is 3.05. The molecule has 0 N–H and O–H groups in total. The van der Waals surface area contributed by atoms with Crippen molar-refractivity contribution >= 4 is 23.2 Å². The van der Waals surface area contributed by atoms with Gasteiger partial charge in [0.1, 0.15) is 5.88 Å². The summed E-state index contributed by atoms with van der Waals surface area (Å²) in [6.45, 7) is 11.1. The first kappa shape index (κ1) is 17.0. The van der Waals surface area contributed by atoms with E-state index in [-0.39, 0.29) is 17.9 Å². The largest absolute Gasteiger partial charge is 0.377 e. The zero-order valence-electron chi connectivity index (χ0n) is 13.0. The number of ether oxygens (including phenoxy) is 1. The Labute approximate surface area is 126 Å². The van der Waals surface area contributed by atoms with Gasteiger partial charge in [0.25, 0.3) is 0 Å². The van der Waals surface area contributed by atoms with Crippen molar-refractivity contribution < 1.29 is 9.53 Å². The zero-order chi connectivity index (χ0) is 15.3. The van der Waals surface area contributed by atoms with Crippen LogP contribution in [0.15, 0.2) is 12.1 Å². The highest BCUT2D eigenvalue weighted by Crippen LogP contribution is 2.27. The third-order valence-electron chi connectivity index (χ3n) is 3.35. The molecule has 1 aromatic rings. The first-order valence-electron chi connectivity index (χ1n) is 6.93. The molecule has 3 nitrogen and oxygen atoms in total. The monoisotopic (exact) mass is 297 g/mol. The molecule has 0 fully saturated rings. The summed E-state index contributed by atoms with van der Waals surface area (Å²) in [6, 6.07) is 4.11. The highest BCUT2D eigenvalue weighted by molar-refractivity contribution is 6.29. The number of carbonyl (C=O) groups is 1. The highest BCUT2D eigenvalue weighted by Gasteiger charge is 2.19. The number of halogens is 1. The minimum absolute atomic E-state index is 0.0193. The molecule has 1 rings (SSSR count). The van der Waals surface area contributed by atoms with Gasteiger partial charge in [0.2, 0.25) is 5.91 Å². The highest BCUT2D eigenvalue weighted by atomic mass is 35.5. The van der Waals surface area contributed by atoms with Gasteiger partial charge in [-0.1, -0.05) is 12.1 Å². The molecule has 1 aromatic carbocycles. The van der Waals surface area contributed by atoms with Crippen LogP contribution in [0.1, 0.15) is 30.5 Å². The van der Waals surface area contributed by atoms with Crippen molar-refractivity contribution in [2.45, 2.75) is 40.7 Å². The summed E-state index contributed by atoms with van der Waals surface area (Å²) in [5, 5.41) is 0. The van der Waals surface area contributed by atoms with Crippen molar-refractivity contribution in [3.63, 3.8) is 0 Å². The van der Waals surface area contributed by atoms with Crippen molar-refractivity contribution in [1.82, 2.24) is 0 Å². The van der Waals surface area contributed by atoms with Crippen LogP contribution in [0.25, 0.3) is 0 Å². The summed E-state index contributed by atoms with van der Waals surface area (Å²) in [7, 11) is 0. The number of amides is 1. The van der Waals surface area contributed by atoms with Crippen LogP contribution in [-0.4, -0.2) is 31.0 Å². The van der Waals surface area contributed by atoms with Crippen molar-refractivity contribution in [2.75, 3.05) is 23.9 Å². The quantitative estimate of drug-likeness (QED) is 0.751. The lowest BCUT2D eigenvalue weighted by Gasteiger charge is -2.27. The number of hydrogen-bond acceptors (Lipinski definition) is 2. The summed E-state index contributed by atoms with van der Waals surface area (Å²) in [6.07, 6.45) is 0.155. The minimum atomic E-state index is -0.0872. The van der Waals surface area contributed by atoms with Gasteiger partial charge >= 0.3 is 0 Å². The average Bonchev–Trinajstić information content (AvgIpc) is 2.40. The van der Waals surface area contributed by atoms with Crippen LogP contribution in [0.3, 0.4) is 0 Å². The standard InChI is InChI=1S/C16H24ClNO2/c1-11(2)20-9-8-18(15(19)10-17)16-13(4)7-6-12(3)14(16)5/h6-7,11H,8-10H2,1-5H3. The molecule has 0 radical (unpaired) electrons. The predicted molar refractivity (Wildman–Crippen MR) is 84.8 cm³/mol. The van der Waals surface area contributed by atoms with Gasteiger partial charge < -0.3 is 9.64 Å². The molecule has 112 valence electrons. The maximum Gasteiger partial charge on any atom is 0.242 e. The lowest BCUT2D eigenvalue weighted by Crippen LogP contribution is -2.36. The number of anilines is 1. The Morgan fingerprint density at radius 3 is 2.40 bits per heavy atom. The van der Waals surface area contributed by atoms with Crippen LogP contribution in [0, 0.1) is 20.8 Å². The maximum atomic E-state index is 12.1. The fraction of sp³-hybridized carbons (Fsp3) is 0.562. The third kappa shape index (κ3) is 4.22. The van der Waals surface area contributed by atoms with Crippen LogP contribution in [0.4, 0.5) is 5.69 Å². The fourth-order valence-electron chi connectivity index (χ4n) is 2.16. The van der Waals surface area contributed by atoms with Gasteiger partial charge in [-0.25, -0.2) is 0 Å². The van der Waals surface area contributed by atoms with Crippen molar-refractivity contribution in [3.05, 3.63) is 28.8 Å². The van der Waals surface area contributed by atoms with E-state index >= 15 is 0 Å². The van der Waals surface area contributed by atoms with Crippen LogP contribution in [0.5, 0.6) is 0 Å². The normalized spacial score (nSPS) is 10.9. The van der Waals surface area contributed by atoms with Gasteiger partial charge in [-0.2, -0.15) is 0 Å². The number of rotatable bonds is 6. The Bertz CT molecular complexity index is 472. The van der Waals surface area contributed by atoms with Crippen LogP contribution >= 0.6 is 11.6 Å². The predicted octanol–water partition coefficient (Wildman–Crippen LogP) is 3.61. The molecular weight excluding hydrogens is 274 g/mol. The molecule has 0 saturated heterocycles. The van der Waals surface area contributed by atoms with Crippen LogP contribution < -0.4 is 4.90 Å². The van der Waals surface area contributed by atoms with E-state index in [4.69, 9.17) is 16.3 Å². The van der Waals surface area contributed by atoms with Crippen LogP contribution in [-0.2, 0) is 9.53 Å². The summed E-state index contributed by atoms with van der Waals surface area (Å²) >= 11 is 5.75. The van der Waals surface area contributed by atoms with Gasteiger partial charge in [-0.15, -0.1) is 11.6 Å². The number of alkyl halides is 1. The van der Waals surface area contributed by atoms with Crippen molar-refractivity contribution in [2.24, 2.45) is 0 Å². The molecule has 0 heterocycles. The number of aryl methyl sites for hydroxylation is 2. The van der Waals surface area contributed by atoms with E-state index in [2.05, 4.69) is 6.07 Å². The molecule has 0 aliphatic carbocycles. The second-order valence-corrected chi connectivity index (χ2v) is 5.54. The van der Waals surface area contributed by atoms with E-state index in [9.17, 15) is 4.79 Å². The summed E-state index contributed by atoms with van der Waals surface area (Å²) in [5.74, 6) is -0.107. The Kier molecular flexibility index (Phi) is 6.50. The summed E-state index contributed by atoms with van der Waals surface area (Å²) in [4.78, 5) is 13.9. The second-order valence-electron chi connectivity index (χ2n) is 5.27. The maximum absolute atomic E-state index is 12.1. The molecule has 4 heteroatoms. The fourth-order valence-corrected chi connectivity index (χ4v) is 2.31. The van der Waals surface area contributed by atoms with Crippen LogP contribution in [0.2, 0.25) is 0 Å². The molecular formula is C16H24ClNO2. The number of nitrogens with zero attached hydrogens (tertiary/aromatic N) is 1. The number of hydrogen-bond donors (Lipinski definition) is 0. The topological polar surface area (TPSA) is 29.5 Å². The average molecular weight is 298 g/mol. The van der Waals surface area contributed by atoms with E-state index in [0.717, 1.165) is 16.8 Å². The number of carbonyl (C=O) groups excluding carboxylic acids is 1. The lowest BCUT2D eigenvalue weighted by atomic mass is 10.0. The molecule has 1 amide bonds. The van der Waals surface area contributed by atoms with Gasteiger partial charge in [0, 0.05) is 12.2 Å². The smallest absolute Gasteiger partial charge is 0.242 e. The van der Waals surface area contributed by atoms with Crippen molar-refractivity contribution in [1.29, 1.82) is 0 Å². The SMILES string of the molecule is Cc1ccc(C)c(N(CCOC(C)C)C(=O)CCl)c1C. The summed E-state index contributed by atoms with van der Waals surface area (Å²) < 4.78 is 5.56. The van der Waals surface area contributed by atoms with Gasteiger partial charge in [0.15, 0.2) is 0 Å². The molecule has 20 heavy (non-hydrogen) atoms. The molecule has 0 aliphatic heterocycles. The van der Waals surface area contributed by atoms with Gasteiger partial charge in [0.05, 0.1) is 12.7 Å². The Morgan fingerprint density at radius 2 is 1.85 bits per heavy atom.